The predicted octanol–water partition coefficient (Wildman–Crippen LogP) is 2.33. The molecule has 1 N–H and O–H groups in total. The topological polar surface area (TPSA) is 56.3 Å². The fourth-order valence-corrected chi connectivity index (χ4v) is 5.24. The third-order valence-electron chi connectivity index (χ3n) is 6.97. The Morgan fingerprint density at radius 3 is 2.56 bits per heavy atom. The first-order chi connectivity index (χ1) is 15.7. The molecule has 3 aliphatic rings. The van der Waals surface area contributed by atoms with E-state index in [0.29, 0.717) is 19.6 Å². The zero-order chi connectivity index (χ0) is 21.9. The van der Waals surface area contributed by atoms with Crippen LogP contribution in [0.25, 0.3) is 0 Å². The number of fused-ring (bicyclic) bond motifs is 2. The first kappa shape index (κ1) is 21.4. The summed E-state index contributed by atoms with van der Waals surface area (Å²) in [5.41, 5.74) is 5.86. The van der Waals surface area contributed by atoms with Crippen molar-refractivity contribution in [2.75, 3.05) is 57.4 Å². The number of aliphatic hydroxyl groups excluding tert-OH is 1. The van der Waals surface area contributed by atoms with Gasteiger partial charge in [0.25, 0.3) is 5.91 Å². The molecule has 32 heavy (non-hydrogen) atoms. The number of nitrogens with zero attached hydrogens (tertiary/aromatic N) is 3. The van der Waals surface area contributed by atoms with Gasteiger partial charge in [0.15, 0.2) is 0 Å². The number of carbonyl (C=O) groups is 1. The van der Waals surface area contributed by atoms with Gasteiger partial charge in [-0.15, -0.1) is 0 Å². The minimum Gasteiger partial charge on any atom is -0.390 e. The normalized spacial score (nSPS) is 20.5. The molecule has 1 amide bonds. The van der Waals surface area contributed by atoms with Gasteiger partial charge in [-0.05, 0) is 54.2 Å². The number of anilines is 1. The van der Waals surface area contributed by atoms with Gasteiger partial charge in [-0.1, -0.05) is 24.3 Å². The van der Waals surface area contributed by atoms with Crippen LogP contribution in [0.2, 0.25) is 0 Å². The highest BCUT2D eigenvalue weighted by atomic mass is 16.5. The van der Waals surface area contributed by atoms with Gasteiger partial charge in [-0.25, -0.2) is 0 Å². The van der Waals surface area contributed by atoms with Crippen LogP contribution in [0.5, 0.6) is 0 Å². The first-order valence-corrected chi connectivity index (χ1v) is 11.9. The number of ether oxygens (including phenoxy) is 1. The summed E-state index contributed by atoms with van der Waals surface area (Å²) in [6, 6.07) is 14.8. The van der Waals surface area contributed by atoms with Gasteiger partial charge in [0.05, 0.1) is 19.3 Å². The summed E-state index contributed by atoms with van der Waals surface area (Å²) >= 11 is 0. The predicted molar refractivity (Wildman–Crippen MR) is 125 cm³/mol. The van der Waals surface area contributed by atoms with Crippen LogP contribution in [0.4, 0.5) is 5.69 Å². The summed E-state index contributed by atoms with van der Waals surface area (Å²) in [6.07, 6.45) is 2.30. The quantitative estimate of drug-likeness (QED) is 0.781. The van der Waals surface area contributed by atoms with E-state index >= 15 is 0 Å². The maximum absolute atomic E-state index is 13.3. The molecule has 1 fully saturated rings. The van der Waals surface area contributed by atoms with Crippen molar-refractivity contribution in [3.63, 3.8) is 0 Å². The second-order valence-corrected chi connectivity index (χ2v) is 9.20. The first-order valence-electron chi connectivity index (χ1n) is 11.9. The van der Waals surface area contributed by atoms with Crippen molar-refractivity contribution in [2.24, 2.45) is 0 Å². The number of aliphatic hydroxyl groups is 1. The molecule has 0 unspecified atom stereocenters. The van der Waals surface area contributed by atoms with E-state index in [4.69, 9.17) is 4.74 Å². The molecule has 170 valence electrons. The Hall–Kier alpha value is -2.41. The number of hydrogen-bond donors (Lipinski definition) is 1. The SMILES string of the molecule is O=C1c2ccc(N3CCOCC3)cc2CCCN1C[C@H](O)CN1CCc2ccccc2C1. The smallest absolute Gasteiger partial charge is 0.254 e. The van der Waals surface area contributed by atoms with Crippen LogP contribution in [0.3, 0.4) is 0 Å². The molecule has 2 aromatic carbocycles. The van der Waals surface area contributed by atoms with Crippen LogP contribution in [-0.2, 0) is 24.1 Å². The van der Waals surface area contributed by atoms with E-state index in [-0.39, 0.29) is 5.91 Å². The van der Waals surface area contributed by atoms with Gasteiger partial charge in [-0.2, -0.15) is 0 Å². The average Bonchev–Trinajstić information content (AvgIpc) is 2.98. The molecule has 5 rings (SSSR count). The van der Waals surface area contributed by atoms with Crippen LogP contribution in [0, 0.1) is 0 Å². The van der Waals surface area contributed by atoms with E-state index in [1.165, 1.54) is 16.8 Å². The van der Waals surface area contributed by atoms with Crippen LogP contribution >= 0.6 is 0 Å². The van der Waals surface area contributed by atoms with Crippen molar-refractivity contribution in [2.45, 2.75) is 31.9 Å². The molecule has 0 aromatic heterocycles. The fraction of sp³-hybridized carbons (Fsp3) is 0.500. The number of carbonyl (C=O) groups excluding carboxylic acids is 1. The lowest BCUT2D eigenvalue weighted by atomic mass is 10.00. The van der Waals surface area contributed by atoms with Crippen molar-refractivity contribution in [1.82, 2.24) is 9.80 Å². The molecular weight excluding hydrogens is 402 g/mol. The summed E-state index contributed by atoms with van der Waals surface area (Å²) in [7, 11) is 0. The Kier molecular flexibility index (Phi) is 6.44. The molecule has 6 nitrogen and oxygen atoms in total. The number of morpholine rings is 1. The van der Waals surface area contributed by atoms with E-state index in [1.807, 2.05) is 11.0 Å². The Morgan fingerprint density at radius 1 is 0.906 bits per heavy atom. The molecule has 1 atom stereocenters. The summed E-state index contributed by atoms with van der Waals surface area (Å²) in [4.78, 5) is 19.8. The molecule has 1 saturated heterocycles. The lowest BCUT2D eigenvalue weighted by Gasteiger charge is -2.32. The number of aryl methyl sites for hydroxylation is 1. The third-order valence-corrected chi connectivity index (χ3v) is 6.97. The summed E-state index contributed by atoms with van der Waals surface area (Å²) < 4.78 is 5.46. The molecule has 0 saturated carbocycles. The monoisotopic (exact) mass is 435 g/mol. The number of β-amino-alcohol motifs (C(OH)–C–C–N with tert-alkyl or cyclic N) is 1. The summed E-state index contributed by atoms with van der Waals surface area (Å²) in [5.74, 6) is 0.0501. The summed E-state index contributed by atoms with van der Waals surface area (Å²) in [5, 5.41) is 10.8. The van der Waals surface area contributed by atoms with Crippen molar-refractivity contribution in [3.8, 4) is 0 Å². The highest BCUT2D eigenvalue weighted by Gasteiger charge is 2.26. The Bertz CT molecular complexity index is 957. The van der Waals surface area contributed by atoms with Gasteiger partial charge >= 0.3 is 0 Å². The lowest BCUT2D eigenvalue weighted by Crippen LogP contribution is -2.44. The second kappa shape index (κ2) is 9.61. The van der Waals surface area contributed by atoms with Gasteiger partial charge in [0, 0.05) is 57.1 Å². The lowest BCUT2D eigenvalue weighted by molar-refractivity contribution is 0.0513. The Morgan fingerprint density at radius 2 is 1.72 bits per heavy atom. The average molecular weight is 436 g/mol. The zero-order valence-electron chi connectivity index (χ0n) is 18.7. The van der Waals surface area contributed by atoms with Crippen molar-refractivity contribution >= 4 is 11.6 Å². The highest BCUT2D eigenvalue weighted by Crippen LogP contribution is 2.26. The zero-order valence-corrected chi connectivity index (χ0v) is 18.7. The highest BCUT2D eigenvalue weighted by molar-refractivity contribution is 5.96. The Labute approximate surface area is 190 Å². The maximum Gasteiger partial charge on any atom is 0.254 e. The maximum atomic E-state index is 13.3. The molecule has 0 radical (unpaired) electrons. The number of benzene rings is 2. The van der Waals surface area contributed by atoms with Crippen LogP contribution in [-0.4, -0.2) is 79.4 Å². The second-order valence-electron chi connectivity index (χ2n) is 9.20. The number of rotatable bonds is 5. The molecule has 0 bridgehead atoms. The minimum absolute atomic E-state index is 0.0501. The number of amides is 1. The molecule has 3 aliphatic heterocycles. The van der Waals surface area contributed by atoms with E-state index in [9.17, 15) is 9.90 Å². The molecular formula is C26H33N3O3. The Balaban J connectivity index is 1.22. The van der Waals surface area contributed by atoms with Gasteiger partial charge in [-0.3, -0.25) is 9.69 Å². The molecule has 3 heterocycles. The third kappa shape index (κ3) is 4.68. The van der Waals surface area contributed by atoms with Crippen molar-refractivity contribution in [3.05, 3.63) is 64.7 Å². The van der Waals surface area contributed by atoms with Gasteiger partial charge < -0.3 is 19.6 Å². The standard InChI is InChI=1S/C26H33N3O3/c30-24(18-27-11-9-20-4-1-2-5-22(20)17-27)19-29-10-3-6-21-16-23(7-8-25(21)26(29)31)28-12-14-32-15-13-28/h1-2,4-5,7-8,16,24,30H,3,6,9-15,17-19H2/t24-/m1/s1. The van der Waals surface area contributed by atoms with Crippen LogP contribution in [0.1, 0.15) is 33.5 Å². The van der Waals surface area contributed by atoms with Gasteiger partial charge in [0.2, 0.25) is 0 Å². The van der Waals surface area contributed by atoms with E-state index in [2.05, 4.69) is 46.2 Å². The van der Waals surface area contributed by atoms with Crippen molar-refractivity contribution in [1.29, 1.82) is 0 Å². The fourth-order valence-electron chi connectivity index (χ4n) is 5.24. The molecule has 0 aliphatic carbocycles. The molecule has 6 heteroatoms. The summed E-state index contributed by atoms with van der Waals surface area (Å²) in [6.45, 7) is 6.80. The minimum atomic E-state index is -0.543. The largest absolute Gasteiger partial charge is 0.390 e. The van der Waals surface area contributed by atoms with Gasteiger partial charge in [0.1, 0.15) is 0 Å². The van der Waals surface area contributed by atoms with E-state index in [1.54, 1.807) is 0 Å². The van der Waals surface area contributed by atoms with Crippen molar-refractivity contribution < 1.29 is 14.6 Å². The molecule has 0 spiro atoms. The number of hydrogen-bond acceptors (Lipinski definition) is 5. The van der Waals surface area contributed by atoms with Crippen LogP contribution in [0.15, 0.2) is 42.5 Å². The van der Waals surface area contributed by atoms with Crippen LogP contribution < -0.4 is 4.90 Å². The van der Waals surface area contributed by atoms with E-state index < -0.39 is 6.10 Å². The molecule has 2 aromatic rings. The van der Waals surface area contributed by atoms with E-state index in [0.717, 1.165) is 69.8 Å².